The minimum Gasteiger partial charge on any atom is -0.496 e. The van der Waals surface area contributed by atoms with Crippen molar-refractivity contribution in [2.75, 3.05) is 24.3 Å². The number of pyridine rings is 1. The van der Waals surface area contributed by atoms with E-state index in [-0.39, 0.29) is 11.6 Å². The van der Waals surface area contributed by atoms with Gasteiger partial charge in [-0.25, -0.2) is 0 Å². The number of ether oxygens (including phenoxy) is 1. The Morgan fingerprint density at radius 2 is 1.93 bits per heavy atom. The molecule has 0 radical (unpaired) electrons. The molecule has 1 aromatic heterocycles. The zero-order chi connectivity index (χ0) is 19.8. The van der Waals surface area contributed by atoms with Gasteiger partial charge in [-0.2, -0.15) is 5.26 Å². The van der Waals surface area contributed by atoms with Crippen molar-refractivity contribution in [1.29, 1.82) is 5.26 Å². The maximum atomic E-state index is 12.5. The molecule has 140 valence electrons. The van der Waals surface area contributed by atoms with E-state index in [1.807, 2.05) is 30.3 Å². The van der Waals surface area contributed by atoms with Crippen LogP contribution in [0.25, 0.3) is 0 Å². The smallest absolute Gasteiger partial charge is 0.274 e. The van der Waals surface area contributed by atoms with E-state index in [4.69, 9.17) is 10.00 Å². The molecule has 6 nitrogen and oxygen atoms in total. The molecule has 0 aliphatic heterocycles. The predicted molar refractivity (Wildman–Crippen MR) is 109 cm³/mol. The summed E-state index contributed by atoms with van der Waals surface area (Å²) in [6, 6.07) is 20.3. The zero-order valence-corrected chi connectivity index (χ0v) is 15.5. The maximum Gasteiger partial charge on any atom is 0.274 e. The number of aromatic nitrogens is 1. The minimum absolute atomic E-state index is 0.273. The van der Waals surface area contributed by atoms with Gasteiger partial charge < -0.3 is 15.4 Å². The second-order valence-corrected chi connectivity index (χ2v) is 6.03. The lowest BCUT2D eigenvalue weighted by molar-refractivity contribution is 0.102. The fraction of sp³-hybridized carbons (Fsp3) is 0.136. The van der Waals surface area contributed by atoms with Crippen LogP contribution in [-0.4, -0.2) is 24.5 Å². The number of rotatable bonds is 7. The number of nitrogens with zero attached hydrogens (tertiary/aromatic N) is 2. The Labute approximate surface area is 163 Å². The first-order valence-electron chi connectivity index (χ1n) is 8.83. The second kappa shape index (κ2) is 9.19. The van der Waals surface area contributed by atoms with Crippen LogP contribution in [0.2, 0.25) is 0 Å². The highest BCUT2D eigenvalue weighted by Crippen LogP contribution is 2.19. The molecule has 1 heterocycles. The molecule has 0 aliphatic rings. The van der Waals surface area contributed by atoms with Crippen LogP contribution < -0.4 is 15.4 Å². The number of methoxy groups -OCH3 is 1. The van der Waals surface area contributed by atoms with Gasteiger partial charge in [0, 0.05) is 18.4 Å². The van der Waals surface area contributed by atoms with Crippen molar-refractivity contribution in [3.63, 3.8) is 0 Å². The van der Waals surface area contributed by atoms with Gasteiger partial charge in [0.15, 0.2) is 0 Å². The van der Waals surface area contributed by atoms with Crippen molar-refractivity contribution in [2.24, 2.45) is 0 Å². The Bertz CT molecular complexity index is 1010. The largest absolute Gasteiger partial charge is 0.496 e. The van der Waals surface area contributed by atoms with Gasteiger partial charge in [0.25, 0.3) is 5.91 Å². The molecule has 6 heteroatoms. The fourth-order valence-electron chi connectivity index (χ4n) is 2.79. The number of para-hydroxylation sites is 2. The van der Waals surface area contributed by atoms with Crippen LogP contribution in [0.15, 0.2) is 66.9 Å². The standard InChI is InChI=1S/C22H20N4O2/c1-28-21-9-5-3-6-16(21)10-12-24-18-11-13-25-20(14-18)22(27)26-19-8-4-2-7-17(19)15-23/h2-9,11,13-14H,10,12H2,1H3,(H,24,25)(H,26,27). The first-order chi connectivity index (χ1) is 13.7. The molecule has 3 rings (SSSR count). The molecule has 0 unspecified atom stereocenters. The highest BCUT2D eigenvalue weighted by Gasteiger charge is 2.11. The molecule has 0 bridgehead atoms. The Kier molecular flexibility index (Phi) is 6.21. The van der Waals surface area contributed by atoms with Crippen LogP contribution in [-0.2, 0) is 6.42 Å². The fourth-order valence-corrected chi connectivity index (χ4v) is 2.79. The van der Waals surface area contributed by atoms with Crippen molar-refractivity contribution in [2.45, 2.75) is 6.42 Å². The lowest BCUT2D eigenvalue weighted by atomic mass is 10.1. The number of carbonyl (C=O) groups excluding carboxylic acids is 1. The van der Waals surface area contributed by atoms with Crippen molar-refractivity contribution in [3.8, 4) is 11.8 Å². The number of hydrogen-bond acceptors (Lipinski definition) is 5. The average Bonchev–Trinajstić information content (AvgIpc) is 2.74. The number of nitriles is 1. The summed E-state index contributed by atoms with van der Waals surface area (Å²) >= 11 is 0. The Balaban J connectivity index is 1.63. The van der Waals surface area contributed by atoms with Gasteiger partial charge in [-0.1, -0.05) is 30.3 Å². The topological polar surface area (TPSA) is 87.0 Å². The van der Waals surface area contributed by atoms with E-state index in [0.717, 1.165) is 23.4 Å². The normalized spacial score (nSPS) is 10.0. The first-order valence-corrected chi connectivity index (χ1v) is 8.83. The van der Waals surface area contributed by atoms with Crippen molar-refractivity contribution in [1.82, 2.24) is 4.98 Å². The molecule has 0 atom stereocenters. The highest BCUT2D eigenvalue weighted by atomic mass is 16.5. The van der Waals surface area contributed by atoms with E-state index in [1.54, 1.807) is 43.6 Å². The lowest BCUT2D eigenvalue weighted by Gasteiger charge is -2.11. The second-order valence-electron chi connectivity index (χ2n) is 6.03. The molecule has 0 saturated heterocycles. The number of anilines is 2. The highest BCUT2D eigenvalue weighted by molar-refractivity contribution is 6.04. The molecule has 0 spiro atoms. The SMILES string of the molecule is COc1ccccc1CCNc1ccnc(C(=O)Nc2ccccc2C#N)c1. The number of benzene rings is 2. The summed E-state index contributed by atoms with van der Waals surface area (Å²) in [6.45, 7) is 0.683. The molecule has 0 aliphatic carbocycles. The summed E-state index contributed by atoms with van der Waals surface area (Å²) in [5, 5.41) is 15.2. The first kappa shape index (κ1) is 18.9. The maximum absolute atomic E-state index is 12.5. The molecule has 1 amide bonds. The third-order valence-corrected chi connectivity index (χ3v) is 4.20. The Hall–Kier alpha value is -3.85. The monoisotopic (exact) mass is 372 g/mol. The molecule has 0 saturated carbocycles. The van der Waals surface area contributed by atoms with Crippen LogP contribution in [0.1, 0.15) is 21.6 Å². The zero-order valence-electron chi connectivity index (χ0n) is 15.5. The van der Waals surface area contributed by atoms with Gasteiger partial charge in [-0.15, -0.1) is 0 Å². The Morgan fingerprint density at radius 1 is 1.14 bits per heavy atom. The van der Waals surface area contributed by atoms with Crippen molar-refractivity contribution in [3.05, 3.63) is 83.7 Å². The average molecular weight is 372 g/mol. The third-order valence-electron chi connectivity index (χ3n) is 4.20. The third kappa shape index (κ3) is 4.65. The van der Waals surface area contributed by atoms with E-state index in [1.165, 1.54) is 0 Å². The molecule has 28 heavy (non-hydrogen) atoms. The van der Waals surface area contributed by atoms with Crippen molar-refractivity contribution >= 4 is 17.3 Å². The van der Waals surface area contributed by atoms with E-state index < -0.39 is 0 Å². The van der Waals surface area contributed by atoms with Crippen molar-refractivity contribution < 1.29 is 9.53 Å². The minimum atomic E-state index is -0.365. The Morgan fingerprint density at radius 3 is 2.75 bits per heavy atom. The lowest BCUT2D eigenvalue weighted by Crippen LogP contribution is -2.15. The summed E-state index contributed by atoms with van der Waals surface area (Å²) in [6.07, 6.45) is 2.36. The van der Waals surface area contributed by atoms with E-state index >= 15 is 0 Å². The quantitative estimate of drug-likeness (QED) is 0.657. The molecular formula is C22H20N4O2. The van der Waals surface area contributed by atoms with Crippen LogP contribution >= 0.6 is 0 Å². The van der Waals surface area contributed by atoms with Gasteiger partial charge in [0.1, 0.15) is 17.5 Å². The van der Waals surface area contributed by atoms with E-state index in [9.17, 15) is 4.79 Å². The number of carbonyl (C=O) groups is 1. The number of amides is 1. The molecule has 0 fully saturated rings. The van der Waals surface area contributed by atoms with Crippen LogP contribution in [0.3, 0.4) is 0 Å². The van der Waals surface area contributed by atoms with E-state index in [2.05, 4.69) is 21.7 Å². The predicted octanol–water partition coefficient (Wildman–Crippen LogP) is 3.87. The molecular weight excluding hydrogens is 352 g/mol. The van der Waals surface area contributed by atoms with Crippen LogP contribution in [0.4, 0.5) is 11.4 Å². The van der Waals surface area contributed by atoms with Crippen LogP contribution in [0.5, 0.6) is 5.75 Å². The number of nitrogens with one attached hydrogen (secondary N) is 2. The van der Waals surface area contributed by atoms with Gasteiger partial charge in [0.05, 0.1) is 18.4 Å². The van der Waals surface area contributed by atoms with Gasteiger partial charge in [0.2, 0.25) is 0 Å². The van der Waals surface area contributed by atoms with Crippen LogP contribution in [0, 0.1) is 11.3 Å². The van der Waals surface area contributed by atoms with Gasteiger partial charge in [-0.05, 0) is 42.3 Å². The summed E-state index contributed by atoms with van der Waals surface area (Å²) < 4.78 is 5.36. The van der Waals surface area contributed by atoms with E-state index in [0.29, 0.717) is 17.8 Å². The van der Waals surface area contributed by atoms with Gasteiger partial charge >= 0.3 is 0 Å². The molecule has 2 N–H and O–H groups in total. The summed E-state index contributed by atoms with van der Waals surface area (Å²) in [5.41, 5.74) is 3.05. The van der Waals surface area contributed by atoms with Gasteiger partial charge in [-0.3, -0.25) is 9.78 Å². The molecule has 2 aromatic carbocycles. The number of hydrogen-bond donors (Lipinski definition) is 2. The summed E-state index contributed by atoms with van der Waals surface area (Å²) in [4.78, 5) is 16.6. The molecule has 3 aromatic rings. The summed E-state index contributed by atoms with van der Waals surface area (Å²) in [5.74, 6) is 0.492. The summed E-state index contributed by atoms with van der Waals surface area (Å²) in [7, 11) is 1.66.